The molecule has 4 nitrogen and oxygen atoms in total. The Morgan fingerprint density at radius 3 is 2.88 bits per heavy atom. The van der Waals surface area contributed by atoms with E-state index in [9.17, 15) is 4.79 Å². The van der Waals surface area contributed by atoms with Gasteiger partial charge in [-0.25, -0.2) is 4.79 Å². The summed E-state index contributed by atoms with van der Waals surface area (Å²) in [6.45, 7) is 2.25. The number of halogens is 1. The summed E-state index contributed by atoms with van der Waals surface area (Å²) >= 11 is 5.49. The lowest BCUT2D eigenvalue weighted by molar-refractivity contribution is -0.131. The van der Waals surface area contributed by atoms with Gasteiger partial charge in [0, 0.05) is 11.6 Å². The molecule has 0 aromatic carbocycles. The lowest BCUT2D eigenvalue weighted by Crippen LogP contribution is -1.98. The Labute approximate surface area is 104 Å². The molecular formula is C12H12ClNO3. The molecule has 0 aliphatic rings. The minimum Gasteiger partial charge on any atom is -0.488 e. The minimum atomic E-state index is -1.00. The maximum absolute atomic E-state index is 10.3. The van der Waals surface area contributed by atoms with Gasteiger partial charge >= 0.3 is 5.97 Å². The average molecular weight is 254 g/mol. The molecule has 0 bridgehead atoms. The average Bonchev–Trinajstić information content (AvgIpc) is 2.34. The maximum Gasteiger partial charge on any atom is 0.328 e. The number of rotatable bonds is 5. The number of ether oxygens (including phenoxy) is 1. The second kappa shape index (κ2) is 6.70. The van der Waals surface area contributed by atoms with Crippen LogP contribution in [-0.4, -0.2) is 22.7 Å². The van der Waals surface area contributed by atoms with Gasteiger partial charge in [0.05, 0.1) is 11.9 Å². The van der Waals surface area contributed by atoms with E-state index in [4.69, 9.17) is 21.4 Å². The predicted octanol–water partition coefficient (Wildman–Crippen LogP) is 2.70. The molecule has 1 rings (SSSR count). The Morgan fingerprint density at radius 2 is 2.35 bits per heavy atom. The first-order valence-corrected chi connectivity index (χ1v) is 5.31. The van der Waals surface area contributed by atoms with E-state index in [0.717, 1.165) is 11.6 Å². The summed E-state index contributed by atoms with van der Waals surface area (Å²) in [5, 5.41) is 8.44. The lowest BCUT2D eigenvalue weighted by Gasteiger charge is -2.05. The fraction of sp³-hybridized carbons (Fsp3) is 0.167. The quantitative estimate of drug-likeness (QED) is 0.820. The maximum atomic E-state index is 10.3. The van der Waals surface area contributed by atoms with E-state index in [-0.39, 0.29) is 0 Å². The molecule has 0 aliphatic heterocycles. The van der Waals surface area contributed by atoms with Crippen molar-refractivity contribution in [1.29, 1.82) is 0 Å². The van der Waals surface area contributed by atoms with E-state index in [1.807, 2.05) is 6.92 Å². The van der Waals surface area contributed by atoms with Crippen LogP contribution in [0.3, 0.4) is 0 Å². The molecule has 1 aromatic heterocycles. The monoisotopic (exact) mass is 253 g/mol. The molecule has 0 saturated heterocycles. The second-order valence-corrected chi connectivity index (χ2v) is 3.55. The molecule has 1 heterocycles. The SMILES string of the molecule is C/C(=C/Cl)COc1ccc(/C=C/C(=O)O)nc1. The molecule has 17 heavy (non-hydrogen) atoms. The van der Waals surface area contributed by atoms with Gasteiger partial charge in [-0.15, -0.1) is 0 Å². The highest BCUT2D eigenvalue weighted by Gasteiger charge is 1.96. The zero-order chi connectivity index (χ0) is 12.7. The fourth-order valence-electron chi connectivity index (χ4n) is 0.961. The molecule has 1 N–H and O–H groups in total. The van der Waals surface area contributed by atoms with Gasteiger partial charge in [-0.1, -0.05) is 11.6 Å². The van der Waals surface area contributed by atoms with Crippen LogP contribution in [0.4, 0.5) is 0 Å². The van der Waals surface area contributed by atoms with Crippen molar-refractivity contribution in [2.24, 2.45) is 0 Å². The summed E-state index contributed by atoms with van der Waals surface area (Å²) < 4.78 is 5.38. The first kappa shape index (κ1) is 13.3. The number of carboxylic acids is 1. The highest BCUT2D eigenvalue weighted by atomic mass is 35.5. The molecule has 0 aliphatic carbocycles. The zero-order valence-electron chi connectivity index (χ0n) is 9.26. The van der Waals surface area contributed by atoms with Crippen molar-refractivity contribution in [2.75, 3.05) is 6.61 Å². The van der Waals surface area contributed by atoms with Crippen LogP contribution in [0.15, 0.2) is 35.5 Å². The molecule has 1 aromatic rings. The third kappa shape index (κ3) is 5.17. The minimum absolute atomic E-state index is 0.398. The summed E-state index contributed by atoms with van der Waals surface area (Å²) in [7, 11) is 0. The molecule has 90 valence electrons. The number of carbonyl (C=O) groups is 1. The van der Waals surface area contributed by atoms with Gasteiger partial charge in [-0.05, 0) is 30.7 Å². The van der Waals surface area contributed by atoms with Crippen LogP contribution >= 0.6 is 11.6 Å². The Bertz CT molecular complexity index is 438. The van der Waals surface area contributed by atoms with Crippen molar-refractivity contribution >= 4 is 23.6 Å². The van der Waals surface area contributed by atoms with Crippen LogP contribution in [-0.2, 0) is 4.79 Å². The fourth-order valence-corrected chi connectivity index (χ4v) is 1.02. The largest absolute Gasteiger partial charge is 0.488 e. The van der Waals surface area contributed by atoms with Crippen molar-refractivity contribution in [3.8, 4) is 5.75 Å². The molecule has 0 saturated carbocycles. The van der Waals surface area contributed by atoms with E-state index in [1.54, 1.807) is 12.1 Å². The van der Waals surface area contributed by atoms with Crippen LogP contribution in [0.1, 0.15) is 12.6 Å². The first-order chi connectivity index (χ1) is 8.11. The Morgan fingerprint density at radius 1 is 1.59 bits per heavy atom. The van der Waals surface area contributed by atoms with E-state index in [0.29, 0.717) is 18.1 Å². The molecule has 0 atom stereocenters. The Hall–Kier alpha value is -1.81. The van der Waals surface area contributed by atoms with Crippen LogP contribution in [0.2, 0.25) is 0 Å². The topological polar surface area (TPSA) is 59.4 Å². The zero-order valence-corrected chi connectivity index (χ0v) is 10.0. The number of hydrogen-bond acceptors (Lipinski definition) is 3. The third-order valence-electron chi connectivity index (χ3n) is 1.81. The van der Waals surface area contributed by atoms with Crippen LogP contribution in [0, 0.1) is 0 Å². The third-order valence-corrected chi connectivity index (χ3v) is 2.18. The van der Waals surface area contributed by atoms with Crippen molar-refractivity contribution in [3.05, 3.63) is 41.2 Å². The number of aromatic nitrogens is 1. The summed E-state index contributed by atoms with van der Waals surface area (Å²) in [4.78, 5) is 14.3. The predicted molar refractivity (Wildman–Crippen MR) is 66.0 cm³/mol. The van der Waals surface area contributed by atoms with Crippen LogP contribution in [0.25, 0.3) is 6.08 Å². The highest BCUT2D eigenvalue weighted by molar-refractivity contribution is 6.25. The Balaban J connectivity index is 2.59. The first-order valence-electron chi connectivity index (χ1n) is 4.87. The molecule has 0 spiro atoms. The highest BCUT2D eigenvalue weighted by Crippen LogP contribution is 2.11. The second-order valence-electron chi connectivity index (χ2n) is 3.33. The standard InChI is InChI=1S/C12H12ClNO3/c1-9(6-13)8-17-11-4-2-10(14-7-11)3-5-12(15)16/h2-7H,8H2,1H3,(H,15,16)/b5-3+,9-6-. The molecule has 0 radical (unpaired) electrons. The van der Waals surface area contributed by atoms with Crippen LogP contribution in [0.5, 0.6) is 5.75 Å². The number of carboxylic acid groups (broad SMARTS) is 1. The molecule has 0 fully saturated rings. The van der Waals surface area contributed by atoms with Gasteiger partial charge < -0.3 is 9.84 Å². The van der Waals surface area contributed by atoms with Gasteiger partial charge in [0.25, 0.3) is 0 Å². The number of aliphatic carboxylic acids is 1. The van der Waals surface area contributed by atoms with E-state index < -0.39 is 5.97 Å². The van der Waals surface area contributed by atoms with Gasteiger partial charge in [0.2, 0.25) is 0 Å². The summed E-state index contributed by atoms with van der Waals surface area (Å²) in [5.41, 5.74) is 2.92. The van der Waals surface area contributed by atoms with Crippen molar-refractivity contribution in [2.45, 2.75) is 6.92 Å². The van der Waals surface area contributed by atoms with Crippen molar-refractivity contribution in [1.82, 2.24) is 4.98 Å². The molecule has 0 unspecified atom stereocenters. The van der Waals surface area contributed by atoms with E-state index >= 15 is 0 Å². The summed E-state index contributed by atoms with van der Waals surface area (Å²) in [6, 6.07) is 3.39. The molecular weight excluding hydrogens is 242 g/mol. The van der Waals surface area contributed by atoms with Gasteiger partial charge in [0.1, 0.15) is 12.4 Å². The number of hydrogen-bond donors (Lipinski definition) is 1. The molecule has 5 heteroatoms. The van der Waals surface area contributed by atoms with E-state index in [2.05, 4.69) is 4.98 Å². The molecule has 0 amide bonds. The van der Waals surface area contributed by atoms with E-state index in [1.165, 1.54) is 17.8 Å². The lowest BCUT2D eigenvalue weighted by atomic mass is 10.3. The van der Waals surface area contributed by atoms with Crippen molar-refractivity contribution in [3.63, 3.8) is 0 Å². The number of pyridine rings is 1. The number of nitrogens with zero attached hydrogens (tertiary/aromatic N) is 1. The van der Waals surface area contributed by atoms with Gasteiger partial charge in [0.15, 0.2) is 0 Å². The van der Waals surface area contributed by atoms with Gasteiger partial charge in [-0.2, -0.15) is 0 Å². The Kier molecular flexibility index (Phi) is 5.23. The van der Waals surface area contributed by atoms with Gasteiger partial charge in [-0.3, -0.25) is 4.98 Å². The normalized spacial score (nSPS) is 11.8. The summed E-state index contributed by atoms with van der Waals surface area (Å²) in [6.07, 6.45) is 3.97. The van der Waals surface area contributed by atoms with Crippen LogP contribution < -0.4 is 4.74 Å². The van der Waals surface area contributed by atoms with Crippen molar-refractivity contribution < 1.29 is 14.6 Å². The summed E-state index contributed by atoms with van der Waals surface area (Å²) in [5.74, 6) is -0.398. The smallest absolute Gasteiger partial charge is 0.328 e.